The summed E-state index contributed by atoms with van der Waals surface area (Å²) in [5.74, 6) is -0.0542. The SMILES string of the molecule is Cc1ccccc1NC(=O)c1cccc(CN2CCNCC2)c1. The van der Waals surface area contributed by atoms with Gasteiger partial charge in [0.05, 0.1) is 0 Å². The fourth-order valence-corrected chi connectivity index (χ4v) is 2.85. The van der Waals surface area contributed by atoms with Crippen LogP contribution in [0.15, 0.2) is 48.5 Å². The Morgan fingerprint density at radius 1 is 1.13 bits per heavy atom. The molecule has 1 saturated heterocycles. The zero-order valence-corrected chi connectivity index (χ0v) is 13.5. The van der Waals surface area contributed by atoms with E-state index in [4.69, 9.17) is 0 Å². The van der Waals surface area contributed by atoms with Crippen LogP contribution in [-0.4, -0.2) is 37.0 Å². The summed E-state index contributed by atoms with van der Waals surface area (Å²) >= 11 is 0. The van der Waals surface area contributed by atoms with Crippen molar-refractivity contribution in [1.29, 1.82) is 0 Å². The molecule has 2 N–H and O–H groups in total. The highest BCUT2D eigenvalue weighted by molar-refractivity contribution is 6.04. The lowest BCUT2D eigenvalue weighted by Gasteiger charge is -2.27. The van der Waals surface area contributed by atoms with Crippen molar-refractivity contribution >= 4 is 11.6 Å². The molecule has 4 nitrogen and oxygen atoms in total. The average molecular weight is 309 g/mol. The third kappa shape index (κ3) is 4.18. The number of rotatable bonds is 4. The lowest BCUT2D eigenvalue weighted by Crippen LogP contribution is -2.42. The van der Waals surface area contributed by atoms with E-state index >= 15 is 0 Å². The smallest absolute Gasteiger partial charge is 0.255 e. The summed E-state index contributed by atoms with van der Waals surface area (Å²) in [6.07, 6.45) is 0. The Bertz CT molecular complexity index is 678. The topological polar surface area (TPSA) is 44.4 Å². The maximum absolute atomic E-state index is 12.5. The van der Waals surface area contributed by atoms with Crippen LogP contribution < -0.4 is 10.6 Å². The van der Waals surface area contributed by atoms with Crippen molar-refractivity contribution in [3.8, 4) is 0 Å². The van der Waals surface area contributed by atoms with Gasteiger partial charge in [-0.25, -0.2) is 0 Å². The number of carbonyl (C=O) groups excluding carboxylic acids is 1. The molecule has 1 amide bonds. The molecule has 120 valence electrons. The number of hydrogen-bond donors (Lipinski definition) is 2. The van der Waals surface area contributed by atoms with Crippen LogP contribution in [0.4, 0.5) is 5.69 Å². The highest BCUT2D eigenvalue weighted by Crippen LogP contribution is 2.16. The first-order valence-corrected chi connectivity index (χ1v) is 8.11. The molecule has 0 unspecified atom stereocenters. The number of piperazine rings is 1. The van der Waals surface area contributed by atoms with Gasteiger partial charge in [0.25, 0.3) is 5.91 Å². The Morgan fingerprint density at radius 2 is 1.91 bits per heavy atom. The van der Waals surface area contributed by atoms with Gasteiger partial charge in [0.1, 0.15) is 0 Å². The van der Waals surface area contributed by atoms with Gasteiger partial charge in [0.2, 0.25) is 0 Å². The minimum atomic E-state index is -0.0542. The summed E-state index contributed by atoms with van der Waals surface area (Å²) in [6, 6.07) is 15.7. The fourth-order valence-electron chi connectivity index (χ4n) is 2.85. The van der Waals surface area contributed by atoms with Gasteiger partial charge in [0, 0.05) is 44.0 Å². The van der Waals surface area contributed by atoms with Crippen LogP contribution in [0.5, 0.6) is 0 Å². The summed E-state index contributed by atoms with van der Waals surface area (Å²) in [6.45, 7) is 7.07. The minimum Gasteiger partial charge on any atom is -0.322 e. The number of benzene rings is 2. The Balaban J connectivity index is 1.69. The van der Waals surface area contributed by atoms with Gasteiger partial charge in [-0.15, -0.1) is 0 Å². The highest BCUT2D eigenvalue weighted by Gasteiger charge is 2.12. The molecule has 2 aromatic carbocycles. The molecule has 1 aliphatic heterocycles. The molecule has 0 aliphatic carbocycles. The van der Waals surface area contributed by atoms with Crippen molar-refractivity contribution in [1.82, 2.24) is 10.2 Å². The van der Waals surface area contributed by atoms with Gasteiger partial charge < -0.3 is 10.6 Å². The summed E-state index contributed by atoms with van der Waals surface area (Å²) in [7, 11) is 0. The largest absolute Gasteiger partial charge is 0.322 e. The number of aryl methyl sites for hydroxylation is 1. The van der Waals surface area contributed by atoms with Crippen molar-refractivity contribution in [2.45, 2.75) is 13.5 Å². The van der Waals surface area contributed by atoms with E-state index in [1.54, 1.807) is 0 Å². The molecule has 1 fully saturated rings. The average Bonchev–Trinajstić information content (AvgIpc) is 2.58. The molecule has 0 atom stereocenters. The second-order valence-corrected chi connectivity index (χ2v) is 6.00. The standard InChI is InChI=1S/C19H23N3O/c1-15-5-2-3-8-18(15)21-19(23)17-7-4-6-16(13-17)14-22-11-9-20-10-12-22/h2-8,13,20H,9-12,14H2,1H3,(H,21,23). The molecular formula is C19H23N3O. The number of nitrogens with one attached hydrogen (secondary N) is 2. The van der Waals surface area contributed by atoms with Gasteiger partial charge in [-0.3, -0.25) is 9.69 Å². The molecule has 0 bridgehead atoms. The van der Waals surface area contributed by atoms with Crippen molar-refractivity contribution in [2.24, 2.45) is 0 Å². The first kappa shape index (κ1) is 15.7. The second kappa shape index (κ2) is 7.40. The first-order valence-electron chi connectivity index (χ1n) is 8.11. The molecule has 0 radical (unpaired) electrons. The summed E-state index contributed by atoms with van der Waals surface area (Å²) in [5.41, 5.74) is 3.83. The monoisotopic (exact) mass is 309 g/mol. The number of para-hydroxylation sites is 1. The predicted octanol–water partition coefficient (Wildman–Crippen LogP) is 2.65. The van der Waals surface area contributed by atoms with E-state index in [1.807, 2.05) is 49.4 Å². The van der Waals surface area contributed by atoms with Crippen LogP contribution in [0.2, 0.25) is 0 Å². The number of hydrogen-bond acceptors (Lipinski definition) is 3. The lowest BCUT2D eigenvalue weighted by atomic mass is 10.1. The maximum atomic E-state index is 12.5. The normalized spacial score (nSPS) is 15.3. The summed E-state index contributed by atoms with van der Waals surface area (Å²) in [5, 5.41) is 6.35. The molecule has 23 heavy (non-hydrogen) atoms. The molecule has 0 aromatic heterocycles. The number of amides is 1. The van der Waals surface area contributed by atoms with Gasteiger partial charge in [0.15, 0.2) is 0 Å². The van der Waals surface area contributed by atoms with Gasteiger partial charge in [-0.2, -0.15) is 0 Å². The molecule has 0 spiro atoms. The molecule has 2 aromatic rings. The minimum absolute atomic E-state index is 0.0542. The third-order valence-electron chi connectivity index (χ3n) is 4.20. The highest BCUT2D eigenvalue weighted by atomic mass is 16.1. The van der Waals surface area contributed by atoms with Crippen LogP contribution in [0.1, 0.15) is 21.5 Å². The fraction of sp³-hybridized carbons (Fsp3) is 0.316. The number of anilines is 1. The molecule has 1 heterocycles. The number of nitrogens with zero attached hydrogens (tertiary/aromatic N) is 1. The maximum Gasteiger partial charge on any atom is 0.255 e. The van der Waals surface area contributed by atoms with Crippen molar-refractivity contribution in [2.75, 3.05) is 31.5 Å². The zero-order valence-electron chi connectivity index (χ0n) is 13.5. The van der Waals surface area contributed by atoms with Crippen LogP contribution in [0.25, 0.3) is 0 Å². The molecular weight excluding hydrogens is 286 g/mol. The quantitative estimate of drug-likeness (QED) is 0.912. The summed E-state index contributed by atoms with van der Waals surface area (Å²) < 4.78 is 0. The third-order valence-corrected chi connectivity index (χ3v) is 4.20. The van der Waals surface area contributed by atoms with Crippen LogP contribution in [0, 0.1) is 6.92 Å². The van der Waals surface area contributed by atoms with Crippen LogP contribution in [0.3, 0.4) is 0 Å². The van der Waals surface area contributed by atoms with Gasteiger partial charge >= 0.3 is 0 Å². The molecule has 0 saturated carbocycles. The molecule has 4 heteroatoms. The Morgan fingerprint density at radius 3 is 2.70 bits per heavy atom. The van der Waals surface area contributed by atoms with E-state index in [0.717, 1.165) is 44.0 Å². The molecule has 3 rings (SSSR count). The first-order chi connectivity index (χ1) is 11.2. The van der Waals surface area contributed by atoms with E-state index in [-0.39, 0.29) is 5.91 Å². The van der Waals surface area contributed by atoms with Crippen molar-refractivity contribution < 1.29 is 4.79 Å². The number of carbonyl (C=O) groups is 1. The Kier molecular flexibility index (Phi) is 5.05. The van der Waals surface area contributed by atoms with Gasteiger partial charge in [-0.1, -0.05) is 30.3 Å². The second-order valence-electron chi connectivity index (χ2n) is 6.00. The summed E-state index contributed by atoms with van der Waals surface area (Å²) in [4.78, 5) is 14.9. The Hall–Kier alpha value is -2.17. The zero-order chi connectivity index (χ0) is 16.1. The predicted molar refractivity (Wildman–Crippen MR) is 93.7 cm³/mol. The van der Waals surface area contributed by atoms with Crippen molar-refractivity contribution in [3.63, 3.8) is 0 Å². The van der Waals surface area contributed by atoms with Crippen LogP contribution >= 0.6 is 0 Å². The lowest BCUT2D eigenvalue weighted by molar-refractivity contribution is 0.102. The van der Waals surface area contributed by atoms with E-state index < -0.39 is 0 Å². The van der Waals surface area contributed by atoms with E-state index in [0.29, 0.717) is 5.56 Å². The van der Waals surface area contributed by atoms with Crippen molar-refractivity contribution in [3.05, 3.63) is 65.2 Å². The molecule has 1 aliphatic rings. The van der Waals surface area contributed by atoms with Gasteiger partial charge in [-0.05, 0) is 36.2 Å². The van der Waals surface area contributed by atoms with E-state index in [9.17, 15) is 4.79 Å². The van der Waals surface area contributed by atoms with E-state index in [1.165, 1.54) is 5.56 Å². The Labute approximate surface area is 137 Å². The van der Waals surface area contributed by atoms with Crippen LogP contribution in [-0.2, 0) is 6.54 Å². The van der Waals surface area contributed by atoms with E-state index in [2.05, 4.69) is 21.6 Å².